The van der Waals surface area contributed by atoms with Crippen LogP contribution in [0, 0.1) is 5.92 Å². The number of rotatable bonds is 15. The Kier molecular flexibility index (Phi) is 11.6. The van der Waals surface area contributed by atoms with E-state index in [2.05, 4.69) is 10.3 Å². The third-order valence-electron chi connectivity index (χ3n) is 6.24. The van der Waals surface area contributed by atoms with Crippen molar-refractivity contribution in [3.8, 4) is 0 Å². The Morgan fingerprint density at radius 3 is 2.58 bits per heavy atom. The monoisotopic (exact) mass is 553 g/mol. The molecule has 0 spiro atoms. The SMILES string of the molecule is CCC(=O)C[C@@H](Cc1nc2ccc(Cl)cc2s1)C(=O)N[C@H](CCC(=O)/C=C/CN(C)C)Cc1ccccc1. The standard InChI is InChI=1S/C30H36ClN3O3S/c1-4-25(35)18-22(19-29-33-27-15-12-23(31)20-28(27)38-29)30(37)32-24(17-21-9-6-5-7-10-21)13-14-26(36)11-8-16-34(2)3/h5-12,15,20,22,24H,4,13-14,16-19H2,1-3H3,(H,32,37)/b11-8+/t22-,24+/m0/s1. The molecule has 2 aromatic carbocycles. The second-order valence-corrected chi connectivity index (χ2v) is 11.3. The molecule has 6 nitrogen and oxygen atoms in total. The molecule has 0 aliphatic carbocycles. The van der Waals surface area contributed by atoms with E-state index in [1.807, 2.05) is 74.5 Å². The number of allylic oxidation sites excluding steroid dienone is 1. The number of likely N-dealkylation sites (N-methyl/N-ethyl adjacent to an activating group) is 1. The molecule has 1 heterocycles. The van der Waals surface area contributed by atoms with Crippen LogP contribution in [0.3, 0.4) is 0 Å². The first-order chi connectivity index (χ1) is 18.2. The molecule has 0 bridgehead atoms. The number of carbonyl (C=O) groups excluding carboxylic acids is 3. The van der Waals surface area contributed by atoms with Gasteiger partial charge < -0.3 is 10.2 Å². The lowest BCUT2D eigenvalue weighted by Gasteiger charge is -2.22. The molecular formula is C30H36ClN3O3S. The van der Waals surface area contributed by atoms with Gasteiger partial charge in [-0.3, -0.25) is 14.4 Å². The maximum atomic E-state index is 13.5. The van der Waals surface area contributed by atoms with Crippen LogP contribution >= 0.6 is 22.9 Å². The van der Waals surface area contributed by atoms with Crippen LogP contribution in [0.1, 0.15) is 43.2 Å². The maximum absolute atomic E-state index is 13.5. The van der Waals surface area contributed by atoms with E-state index in [4.69, 9.17) is 11.6 Å². The maximum Gasteiger partial charge on any atom is 0.224 e. The molecule has 0 saturated carbocycles. The van der Waals surface area contributed by atoms with E-state index in [1.165, 1.54) is 11.3 Å². The topological polar surface area (TPSA) is 79.4 Å². The van der Waals surface area contributed by atoms with E-state index in [1.54, 1.807) is 12.1 Å². The highest BCUT2D eigenvalue weighted by molar-refractivity contribution is 7.18. The molecule has 0 aliphatic rings. The fourth-order valence-electron chi connectivity index (χ4n) is 4.16. The minimum absolute atomic E-state index is 0.0324. The number of benzene rings is 2. The molecule has 8 heteroatoms. The molecule has 1 amide bonds. The molecule has 0 unspecified atom stereocenters. The second kappa shape index (κ2) is 14.9. The number of aromatic nitrogens is 1. The molecule has 0 fully saturated rings. The van der Waals surface area contributed by atoms with Gasteiger partial charge >= 0.3 is 0 Å². The quantitative estimate of drug-likeness (QED) is 0.245. The Bertz CT molecular complexity index is 1260. The smallest absolute Gasteiger partial charge is 0.224 e. The third kappa shape index (κ3) is 9.78. The van der Waals surface area contributed by atoms with Crippen LogP contribution in [0.4, 0.5) is 0 Å². The Morgan fingerprint density at radius 1 is 1.11 bits per heavy atom. The van der Waals surface area contributed by atoms with Gasteiger partial charge in [-0.05, 0) is 56.8 Å². The molecule has 1 N–H and O–H groups in total. The largest absolute Gasteiger partial charge is 0.353 e. The van der Waals surface area contributed by atoms with Crippen molar-refractivity contribution in [3.05, 3.63) is 76.3 Å². The number of halogens is 1. The average molecular weight is 554 g/mol. The molecule has 3 aromatic rings. The van der Waals surface area contributed by atoms with Crippen molar-refractivity contribution in [2.24, 2.45) is 5.92 Å². The van der Waals surface area contributed by atoms with Crippen LogP contribution in [0.15, 0.2) is 60.7 Å². The summed E-state index contributed by atoms with van der Waals surface area (Å²) in [6, 6.07) is 15.2. The van der Waals surface area contributed by atoms with Gasteiger partial charge in [0.2, 0.25) is 5.91 Å². The van der Waals surface area contributed by atoms with E-state index in [-0.39, 0.29) is 29.9 Å². The van der Waals surface area contributed by atoms with Gasteiger partial charge in [-0.1, -0.05) is 54.9 Å². The molecule has 202 valence electrons. The second-order valence-electron chi connectivity index (χ2n) is 9.78. The van der Waals surface area contributed by atoms with Gasteiger partial charge in [-0.25, -0.2) is 4.98 Å². The summed E-state index contributed by atoms with van der Waals surface area (Å²) >= 11 is 7.62. The van der Waals surface area contributed by atoms with Crippen molar-refractivity contribution >= 4 is 50.6 Å². The molecular weight excluding hydrogens is 518 g/mol. The van der Waals surface area contributed by atoms with Crippen molar-refractivity contribution in [1.29, 1.82) is 0 Å². The van der Waals surface area contributed by atoms with Gasteiger partial charge in [0.1, 0.15) is 5.78 Å². The average Bonchev–Trinajstić information content (AvgIpc) is 3.28. The Labute approximate surface area is 234 Å². The lowest BCUT2D eigenvalue weighted by atomic mass is 9.95. The van der Waals surface area contributed by atoms with Crippen molar-refractivity contribution < 1.29 is 14.4 Å². The Hall–Kier alpha value is -2.87. The lowest BCUT2D eigenvalue weighted by molar-refractivity contribution is -0.130. The first-order valence-corrected chi connectivity index (χ1v) is 14.2. The zero-order valence-electron chi connectivity index (χ0n) is 22.3. The van der Waals surface area contributed by atoms with Crippen molar-refractivity contribution in [2.75, 3.05) is 20.6 Å². The number of ketones is 2. The van der Waals surface area contributed by atoms with E-state index < -0.39 is 5.92 Å². The Balaban J connectivity index is 1.74. The molecule has 38 heavy (non-hydrogen) atoms. The first kappa shape index (κ1) is 29.7. The van der Waals surface area contributed by atoms with Crippen LogP contribution < -0.4 is 5.32 Å². The van der Waals surface area contributed by atoms with Crippen LogP contribution in [0.5, 0.6) is 0 Å². The number of thiazole rings is 1. The van der Waals surface area contributed by atoms with E-state index in [0.29, 0.717) is 43.7 Å². The number of Topliss-reactive ketones (excluding diaryl/α,β-unsaturated/α-hetero) is 1. The number of carbonyl (C=O) groups is 3. The summed E-state index contributed by atoms with van der Waals surface area (Å²) in [5.41, 5.74) is 1.91. The normalized spacial score (nSPS) is 13.2. The van der Waals surface area contributed by atoms with Gasteiger partial charge in [-0.2, -0.15) is 0 Å². The summed E-state index contributed by atoms with van der Waals surface area (Å²) in [6.45, 7) is 2.51. The molecule has 1 aromatic heterocycles. The van der Waals surface area contributed by atoms with Gasteiger partial charge in [0, 0.05) is 43.3 Å². The Morgan fingerprint density at radius 2 is 1.87 bits per heavy atom. The number of amides is 1. The fourth-order valence-corrected chi connectivity index (χ4v) is 5.48. The first-order valence-electron chi connectivity index (χ1n) is 13.0. The van der Waals surface area contributed by atoms with Crippen LogP contribution in [0.2, 0.25) is 5.02 Å². The molecule has 0 saturated heterocycles. The zero-order chi connectivity index (χ0) is 27.5. The third-order valence-corrected chi connectivity index (χ3v) is 7.52. The van der Waals surface area contributed by atoms with Gasteiger partial charge in [0.15, 0.2) is 5.78 Å². The van der Waals surface area contributed by atoms with Crippen molar-refractivity contribution in [2.45, 2.75) is 51.5 Å². The summed E-state index contributed by atoms with van der Waals surface area (Å²) in [5, 5.41) is 4.60. The minimum Gasteiger partial charge on any atom is -0.353 e. The lowest BCUT2D eigenvalue weighted by Crippen LogP contribution is -2.41. The highest BCUT2D eigenvalue weighted by atomic mass is 35.5. The molecule has 2 atom stereocenters. The number of fused-ring (bicyclic) bond motifs is 1. The minimum atomic E-state index is -0.535. The number of nitrogens with one attached hydrogen (secondary N) is 1. The van der Waals surface area contributed by atoms with Gasteiger partial charge in [0.05, 0.1) is 21.1 Å². The predicted molar refractivity (Wildman–Crippen MR) is 156 cm³/mol. The number of hydrogen-bond acceptors (Lipinski definition) is 6. The van der Waals surface area contributed by atoms with Gasteiger partial charge in [0.25, 0.3) is 0 Å². The number of hydrogen-bond donors (Lipinski definition) is 1. The summed E-state index contributed by atoms with van der Waals surface area (Å²) in [7, 11) is 3.90. The molecule has 3 rings (SSSR count). The summed E-state index contributed by atoms with van der Waals surface area (Å²) < 4.78 is 0.955. The van der Waals surface area contributed by atoms with Crippen molar-refractivity contribution in [3.63, 3.8) is 0 Å². The molecule has 0 aliphatic heterocycles. The van der Waals surface area contributed by atoms with Crippen LogP contribution in [-0.2, 0) is 27.2 Å². The highest BCUT2D eigenvalue weighted by Crippen LogP contribution is 2.27. The summed E-state index contributed by atoms with van der Waals surface area (Å²) in [4.78, 5) is 45.1. The van der Waals surface area contributed by atoms with Gasteiger partial charge in [-0.15, -0.1) is 11.3 Å². The van der Waals surface area contributed by atoms with Crippen LogP contribution in [0.25, 0.3) is 10.2 Å². The zero-order valence-corrected chi connectivity index (χ0v) is 23.9. The summed E-state index contributed by atoms with van der Waals surface area (Å²) in [5.74, 6) is -0.645. The number of nitrogens with zero attached hydrogens (tertiary/aromatic N) is 2. The van der Waals surface area contributed by atoms with Crippen LogP contribution in [-0.4, -0.2) is 54.0 Å². The van der Waals surface area contributed by atoms with E-state index >= 15 is 0 Å². The van der Waals surface area contributed by atoms with Crippen molar-refractivity contribution in [1.82, 2.24) is 15.2 Å². The summed E-state index contributed by atoms with van der Waals surface area (Å²) in [6.07, 6.45) is 5.82. The predicted octanol–water partition coefficient (Wildman–Crippen LogP) is 5.67. The fraction of sp³-hybridized carbons (Fsp3) is 0.400. The molecule has 0 radical (unpaired) electrons. The highest BCUT2D eigenvalue weighted by Gasteiger charge is 2.26. The van der Waals surface area contributed by atoms with E-state index in [9.17, 15) is 14.4 Å². The van der Waals surface area contributed by atoms with E-state index in [0.717, 1.165) is 20.8 Å².